The molecule has 0 aliphatic heterocycles. The second kappa shape index (κ2) is 8.80. The molecule has 2 aliphatic rings. The fourth-order valence-corrected chi connectivity index (χ4v) is 5.35. The van der Waals surface area contributed by atoms with Gasteiger partial charge < -0.3 is 9.47 Å². The Bertz CT molecular complexity index is 947. The van der Waals surface area contributed by atoms with Crippen LogP contribution in [-0.4, -0.2) is 19.2 Å². The van der Waals surface area contributed by atoms with Crippen molar-refractivity contribution in [2.75, 3.05) is 7.11 Å². The summed E-state index contributed by atoms with van der Waals surface area (Å²) in [4.78, 5) is 12.6. The fraction of sp³-hybridized carbons (Fsp3) is 0.417. The maximum Gasteiger partial charge on any atom is 0.244 e. The Hall–Kier alpha value is -2.34. The van der Waals surface area contributed by atoms with Crippen LogP contribution in [0.2, 0.25) is 0 Å². The van der Waals surface area contributed by atoms with E-state index in [9.17, 15) is 4.79 Å². The van der Waals surface area contributed by atoms with Gasteiger partial charge in [0.1, 0.15) is 6.61 Å². The molecule has 0 saturated heterocycles. The molecule has 0 bridgehead atoms. The molecule has 2 aromatic rings. The summed E-state index contributed by atoms with van der Waals surface area (Å²) in [6, 6.07) is 13.7. The van der Waals surface area contributed by atoms with E-state index >= 15 is 0 Å². The summed E-state index contributed by atoms with van der Waals surface area (Å²) in [6.07, 6.45) is 6.41. The molecule has 0 heterocycles. The Kier molecular flexibility index (Phi) is 6.14. The maximum atomic E-state index is 12.6. The van der Waals surface area contributed by atoms with Crippen molar-refractivity contribution in [3.05, 3.63) is 58.1 Å². The smallest absolute Gasteiger partial charge is 0.244 e. The van der Waals surface area contributed by atoms with E-state index in [1.54, 1.807) is 13.3 Å². The number of hydrogen-bond acceptors (Lipinski definition) is 4. The third kappa shape index (κ3) is 4.24. The van der Waals surface area contributed by atoms with Gasteiger partial charge in [0, 0.05) is 5.92 Å². The second-order valence-corrected chi connectivity index (χ2v) is 9.23. The molecule has 2 saturated carbocycles. The molecule has 6 heteroatoms. The number of carbonyl (C=O) groups excluding carboxylic acids is 1. The van der Waals surface area contributed by atoms with Crippen molar-refractivity contribution >= 4 is 28.1 Å². The third-order valence-corrected chi connectivity index (χ3v) is 7.07. The summed E-state index contributed by atoms with van der Waals surface area (Å²) >= 11 is 3.56. The first-order chi connectivity index (χ1) is 14.5. The van der Waals surface area contributed by atoms with E-state index in [1.165, 1.54) is 12.8 Å². The van der Waals surface area contributed by atoms with E-state index in [0.29, 0.717) is 24.0 Å². The number of carbonyl (C=O) groups is 1. The van der Waals surface area contributed by atoms with Gasteiger partial charge in [0.2, 0.25) is 5.91 Å². The van der Waals surface area contributed by atoms with Crippen molar-refractivity contribution in [2.45, 2.75) is 39.2 Å². The van der Waals surface area contributed by atoms with Crippen LogP contribution in [0.4, 0.5) is 0 Å². The van der Waals surface area contributed by atoms with Crippen LogP contribution in [0.5, 0.6) is 11.5 Å². The number of hydrazone groups is 1. The molecule has 0 radical (unpaired) electrons. The summed E-state index contributed by atoms with van der Waals surface area (Å²) < 4.78 is 12.2. The summed E-state index contributed by atoms with van der Waals surface area (Å²) in [5.41, 5.74) is 4.81. The van der Waals surface area contributed by atoms with Crippen LogP contribution < -0.4 is 14.9 Å². The Morgan fingerprint density at radius 1 is 1.30 bits per heavy atom. The van der Waals surface area contributed by atoms with E-state index in [4.69, 9.17) is 9.47 Å². The Balaban J connectivity index is 1.39. The van der Waals surface area contributed by atoms with E-state index in [1.807, 2.05) is 42.5 Å². The molecule has 4 rings (SSSR count). The standard InChI is InChI=1S/C24H27BrN2O3/c1-24-11-7-6-10-18(24)21(24)23(28)27-26-14-17-12-19(25)22(20(13-17)29-2)30-15-16-8-4-3-5-9-16/h3-5,8-9,12-14,18,21H,6-7,10-11,15H2,1-2H3,(H,27,28)/b26-14-/t18-,21-,24-/m0/s1. The van der Waals surface area contributed by atoms with Crippen LogP contribution in [-0.2, 0) is 11.4 Å². The molecule has 3 atom stereocenters. The second-order valence-electron chi connectivity index (χ2n) is 8.38. The van der Waals surface area contributed by atoms with E-state index in [2.05, 4.69) is 33.4 Å². The van der Waals surface area contributed by atoms with Crippen molar-refractivity contribution < 1.29 is 14.3 Å². The zero-order valence-electron chi connectivity index (χ0n) is 17.4. The number of nitrogens with zero attached hydrogens (tertiary/aromatic N) is 1. The Morgan fingerprint density at radius 3 is 2.80 bits per heavy atom. The van der Waals surface area contributed by atoms with Crippen LogP contribution in [0.3, 0.4) is 0 Å². The summed E-state index contributed by atoms with van der Waals surface area (Å²) in [5.74, 6) is 1.91. The van der Waals surface area contributed by atoms with Crippen molar-refractivity contribution in [3.8, 4) is 11.5 Å². The highest BCUT2D eigenvalue weighted by atomic mass is 79.9. The number of benzene rings is 2. The predicted molar refractivity (Wildman–Crippen MR) is 121 cm³/mol. The lowest BCUT2D eigenvalue weighted by Gasteiger charge is -2.15. The van der Waals surface area contributed by atoms with Gasteiger partial charge in [-0.05, 0) is 63.4 Å². The minimum absolute atomic E-state index is 0.0366. The van der Waals surface area contributed by atoms with Gasteiger partial charge in [0.25, 0.3) is 0 Å². The lowest BCUT2D eigenvalue weighted by Crippen LogP contribution is -2.22. The molecule has 1 N–H and O–H groups in total. The summed E-state index contributed by atoms with van der Waals surface area (Å²) in [7, 11) is 1.61. The molecule has 5 nitrogen and oxygen atoms in total. The first-order valence-electron chi connectivity index (χ1n) is 10.4. The van der Waals surface area contributed by atoms with Gasteiger partial charge >= 0.3 is 0 Å². The minimum Gasteiger partial charge on any atom is -0.493 e. The minimum atomic E-state index is 0.0366. The molecular weight excluding hydrogens is 444 g/mol. The van der Waals surface area contributed by atoms with Gasteiger partial charge in [-0.25, -0.2) is 5.43 Å². The largest absolute Gasteiger partial charge is 0.493 e. The lowest BCUT2D eigenvalue weighted by molar-refractivity contribution is -0.123. The SMILES string of the molecule is COc1cc(/C=N\NC(=O)[C@@H]2[C@@H]3CCCC[C@]23C)cc(Br)c1OCc1ccccc1. The average Bonchev–Trinajstić information content (AvgIpc) is 3.38. The first-order valence-corrected chi connectivity index (χ1v) is 11.2. The zero-order valence-corrected chi connectivity index (χ0v) is 18.9. The normalized spacial score (nSPS) is 24.9. The van der Waals surface area contributed by atoms with E-state index in [-0.39, 0.29) is 17.2 Å². The molecule has 158 valence electrons. The van der Waals surface area contributed by atoms with Crippen molar-refractivity contribution in [1.82, 2.24) is 5.43 Å². The molecule has 2 aliphatic carbocycles. The number of methoxy groups -OCH3 is 1. The number of nitrogens with one attached hydrogen (secondary N) is 1. The maximum absolute atomic E-state index is 12.6. The fourth-order valence-electron chi connectivity index (χ4n) is 4.77. The highest BCUT2D eigenvalue weighted by Crippen LogP contribution is 2.66. The van der Waals surface area contributed by atoms with Crippen LogP contribution in [0.25, 0.3) is 0 Å². The van der Waals surface area contributed by atoms with Crippen LogP contribution in [0.1, 0.15) is 43.7 Å². The molecule has 30 heavy (non-hydrogen) atoms. The van der Waals surface area contributed by atoms with Gasteiger partial charge in [-0.1, -0.05) is 50.1 Å². The topological polar surface area (TPSA) is 59.9 Å². The number of fused-ring (bicyclic) bond motifs is 1. The average molecular weight is 471 g/mol. The number of amides is 1. The summed E-state index contributed by atoms with van der Waals surface area (Å²) in [6.45, 7) is 2.68. The highest BCUT2D eigenvalue weighted by molar-refractivity contribution is 9.10. The van der Waals surface area contributed by atoms with Gasteiger partial charge in [0.05, 0.1) is 17.8 Å². The first kappa shape index (κ1) is 20.9. The highest BCUT2D eigenvalue weighted by Gasteiger charge is 2.64. The molecule has 1 amide bonds. The molecule has 0 spiro atoms. The molecule has 0 unspecified atom stereocenters. The van der Waals surface area contributed by atoms with Gasteiger partial charge in [-0.15, -0.1) is 0 Å². The lowest BCUT2D eigenvalue weighted by atomic mass is 9.90. The Morgan fingerprint density at radius 2 is 2.10 bits per heavy atom. The number of ether oxygens (including phenoxy) is 2. The van der Waals surface area contributed by atoms with Gasteiger partial charge in [-0.2, -0.15) is 5.10 Å². The Labute approximate surface area is 186 Å². The van der Waals surface area contributed by atoms with Crippen LogP contribution in [0, 0.1) is 17.3 Å². The van der Waals surface area contributed by atoms with Crippen molar-refractivity contribution in [2.24, 2.45) is 22.4 Å². The zero-order chi connectivity index (χ0) is 21.1. The van der Waals surface area contributed by atoms with Gasteiger partial charge in [0.15, 0.2) is 11.5 Å². The van der Waals surface area contributed by atoms with E-state index in [0.717, 1.165) is 28.4 Å². The number of rotatable bonds is 7. The third-order valence-electron chi connectivity index (χ3n) is 6.48. The quantitative estimate of drug-likeness (QED) is 0.440. The van der Waals surface area contributed by atoms with Crippen molar-refractivity contribution in [1.29, 1.82) is 0 Å². The predicted octanol–water partition coefficient (Wildman–Crippen LogP) is 5.31. The van der Waals surface area contributed by atoms with Crippen molar-refractivity contribution in [3.63, 3.8) is 0 Å². The number of hydrogen-bond donors (Lipinski definition) is 1. The molecule has 2 aromatic carbocycles. The van der Waals surface area contributed by atoms with Crippen LogP contribution in [0.15, 0.2) is 52.0 Å². The monoisotopic (exact) mass is 470 g/mol. The number of halogens is 1. The summed E-state index contributed by atoms with van der Waals surface area (Å²) in [5, 5.41) is 4.19. The van der Waals surface area contributed by atoms with E-state index < -0.39 is 0 Å². The molecule has 0 aromatic heterocycles. The van der Waals surface area contributed by atoms with Crippen LogP contribution >= 0.6 is 15.9 Å². The molecular formula is C24H27BrN2O3. The van der Waals surface area contributed by atoms with Gasteiger partial charge in [-0.3, -0.25) is 4.79 Å². The molecule has 2 fully saturated rings.